The fourth-order valence-corrected chi connectivity index (χ4v) is 3.52. The molecule has 0 atom stereocenters. The number of hydrogen-bond acceptors (Lipinski definition) is 3. The van der Waals surface area contributed by atoms with Gasteiger partial charge in [0.05, 0.1) is 0 Å². The molecular formula is C18H21N5O2. The normalized spacial score (nSPS) is 14.5. The van der Waals surface area contributed by atoms with Gasteiger partial charge in [0.1, 0.15) is 5.82 Å². The minimum atomic E-state index is -0.108. The third-order valence-corrected chi connectivity index (χ3v) is 4.92. The Labute approximate surface area is 144 Å². The molecule has 130 valence electrons. The first-order valence-electron chi connectivity index (χ1n) is 8.59. The Bertz CT molecular complexity index is 981. The van der Waals surface area contributed by atoms with Crippen molar-refractivity contribution in [3.8, 4) is 0 Å². The lowest BCUT2D eigenvalue weighted by molar-refractivity contribution is -0.131. The molecule has 1 aromatic carbocycles. The molecule has 3 heterocycles. The number of aryl methyl sites for hydroxylation is 2. The van der Waals surface area contributed by atoms with Crippen LogP contribution in [0.3, 0.4) is 0 Å². The molecule has 25 heavy (non-hydrogen) atoms. The highest BCUT2D eigenvalue weighted by molar-refractivity contribution is 5.84. The van der Waals surface area contributed by atoms with E-state index in [2.05, 4.69) is 16.1 Å². The van der Waals surface area contributed by atoms with Crippen LogP contribution in [0.15, 0.2) is 35.3 Å². The number of H-pyrrole nitrogens is 1. The van der Waals surface area contributed by atoms with Crippen molar-refractivity contribution in [2.75, 3.05) is 13.1 Å². The van der Waals surface area contributed by atoms with E-state index >= 15 is 0 Å². The molecule has 7 heteroatoms. The third kappa shape index (κ3) is 2.86. The quantitative estimate of drug-likeness (QED) is 0.776. The number of aromatic amines is 1. The molecule has 0 fully saturated rings. The zero-order valence-corrected chi connectivity index (χ0v) is 14.2. The molecule has 0 radical (unpaired) electrons. The molecule has 1 N–H and O–H groups in total. The number of carbonyl (C=O) groups is 1. The van der Waals surface area contributed by atoms with Crippen molar-refractivity contribution in [2.45, 2.75) is 25.8 Å². The Morgan fingerprint density at radius 1 is 1.24 bits per heavy atom. The Hall–Kier alpha value is -2.83. The van der Waals surface area contributed by atoms with Gasteiger partial charge in [0.2, 0.25) is 5.91 Å². The average Bonchev–Trinajstić information content (AvgIpc) is 3.06. The van der Waals surface area contributed by atoms with Crippen LogP contribution >= 0.6 is 0 Å². The Kier molecular flexibility index (Phi) is 3.91. The van der Waals surface area contributed by atoms with Crippen LogP contribution in [0.5, 0.6) is 0 Å². The van der Waals surface area contributed by atoms with Crippen molar-refractivity contribution in [2.24, 2.45) is 7.05 Å². The summed E-state index contributed by atoms with van der Waals surface area (Å²) >= 11 is 0. The number of nitrogens with zero attached hydrogens (tertiary/aromatic N) is 4. The first kappa shape index (κ1) is 15.7. The summed E-state index contributed by atoms with van der Waals surface area (Å²) in [4.78, 5) is 29.7. The molecule has 0 spiro atoms. The van der Waals surface area contributed by atoms with Crippen LogP contribution in [0.2, 0.25) is 0 Å². The van der Waals surface area contributed by atoms with E-state index in [4.69, 9.17) is 0 Å². The summed E-state index contributed by atoms with van der Waals surface area (Å²) in [7, 11) is 1.66. The van der Waals surface area contributed by atoms with Gasteiger partial charge in [0, 0.05) is 56.6 Å². The fourth-order valence-electron chi connectivity index (χ4n) is 3.52. The van der Waals surface area contributed by atoms with E-state index in [1.165, 1.54) is 15.6 Å². The molecule has 0 unspecified atom stereocenters. The van der Waals surface area contributed by atoms with Crippen molar-refractivity contribution >= 4 is 16.8 Å². The van der Waals surface area contributed by atoms with Gasteiger partial charge in [-0.15, -0.1) is 0 Å². The van der Waals surface area contributed by atoms with Crippen molar-refractivity contribution in [3.05, 3.63) is 52.3 Å². The zero-order valence-electron chi connectivity index (χ0n) is 14.2. The van der Waals surface area contributed by atoms with Crippen molar-refractivity contribution < 1.29 is 4.79 Å². The third-order valence-electron chi connectivity index (χ3n) is 4.92. The molecule has 0 aliphatic carbocycles. The number of rotatable bonds is 3. The minimum Gasteiger partial charge on any atom is -0.361 e. The summed E-state index contributed by atoms with van der Waals surface area (Å²) in [5.74, 6) is 0.896. The maximum Gasteiger partial charge on any atom is 0.345 e. The van der Waals surface area contributed by atoms with Crippen LogP contribution in [0, 0.1) is 0 Å². The zero-order chi connectivity index (χ0) is 17.4. The topological polar surface area (TPSA) is 75.9 Å². The van der Waals surface area contributed by atoms with E-state index in [1.54, 1.807) is 11.6 Å². The van der Waals surface area contributed by atoms with Gasteiger partial charge < -0.3 is 9.88 Å². The van der Waals surface area contributed by atoms with Crippen molar-refractivity contribution in [1.29, 1.82) is 0 Å². The lowest BCUT2D eigenvalue weighted by Gasteiger charge is -2.19. The van der Waals surface area contributed by atoms with E-state index in [0.717, 1.165) is 11.3 Å². The second-order valence-electron chi connectivity index (χ2n) is 6.46. The molecule has 1 aliphatic rings. The van der Waals surface area contributed by atoms with Gasteiger partial charge in [-0.2, -0.15) is 5.10 Å². The van der Waals surface area contributed by atoms with Gasteiger partial charge in [-0.3, -0.25) is 9.36 Å². The number of para-hydroxylation sites is 1. The lowest BCUT2D eigenvalue weighted by atomic mass is 10.1. The molecule has 7 nitrogen and oxygen atoms in total. The molecule has 0 saturated carbocycles. The monoisotopic (exact) mass is 339 g/mol. The van der Waals surface area contributed by atoms with Gasteiger partial charge in [-0.1, -0.05) is 18.2 Å². The van der Waals surface area contributed by atoms with Crippen LogP contribution in [-0.4, -0.2) is 43.2 Å². The molecule has 2 aromatic heterocycles. The van der Waals surface area contributed by atoms with Gasteiger partial charge in [-0.25, -0.2) is 9.48 Å². The number of amides is 1. The van der Waals surface area contributed by atoms with Gasteiger partial charge in [0.25, 0.3) is 0 Å². The average molecular weight is 339 g/mol. The lowest BCUT2D eigenvalue weighted by Crippen LogP contribution is -2.35. The van der Waals surface area contributed by atoms with E-state index in [1.807, 2.05) is 29.3 Å². The maximum atomic E-state index is 12.6. The van der Waals surface area contributed by atoms with Gasteiger partial charge >= 0.3 is 5.69 Å². The standard InChI is InChI=1S/C18H21N5O2/c1-21-18(25)23-11-10-22(9-8-16(23)20-21)17(24)7-6-13-12-19-15-5-3-2-4-14(13)15/h2-5,12,19H,6-11H2,1H3. The number of aromatic nitrogens is 4. The van der Waals surface area contributed by atoms with Crippen LogP contribution in [0.4, 0.5) is 0 Å². The second-order valence-corrected chi connectivity index (χ2v) is 6.46. The fraction of sp³-hybridized carbons (Fsp3) is 0.389. The van der Waals surface area contributed by atoms with Crippen LogP contribution in [0.25, 0.3) is 10.9 Å². The summed E-state index contributed by atoms with van der Waals surface area (Å²) < 4.78 is 3.04. The van der Waals surface area contributed by atoms with Crippen LogP contribution < -0.4 is 5.69 Å². The van der Waals surface area contributed by atoms with Crippen molar-refractivity contribution in [3.63, 3.8) is 0 Å². The summed E-state index contributed by atoms with van der Waals surface area (Å²) in [6.07, 6.45) is 3.79. The first-order valence-corrected chi connectivity index (χ1v) is 8.59. The second kappa shape index (κ2) is 6.23. The summed E-state index contributed by atoms with van der Waals surface area (Å²) in [5.41, 5.74) is 2.16. The van der Waals surface area contributed by atoms with E-state index < -0.39 is 0 Å². The minimum absolute atomic E-state index is 0.108. The molecule has 0 bridgehead atoms. The van der Waals surface area contributed by atoms with Gasteiger partial charge in [-0.05, 0) is 18.1 Å². The highest BCUT2D eigenvalue weighted by Crippen LogP contribution is 2.19. The van der Waals surface area contributed by atoms with E-state index in [0.29, 0.717) is 38.9 Å². The number of carbonyl (C=O) groups excluding carboxylic acids is 1. The molecule has 4 rings (SSSR count). The maximum absolute atomic E-state index is 12.6. The molecule has 1 amide bonds. The largest absolute Gasteiger partial charge is 0.361 e. The highest BCUT2D eigenvalue weighted by Gasteiger charge is 2.21. The number of nitrogens with one attached hydrogen (secondary N) is 1. The van der Waals surface area contributed by atoms with Gasteiger partial charge in [0.15, 0.2) is 0 Å². The van der Waals surface area contributed by atoms with Crippen molar-refractivity contribution in [1.82, 2.24) is 24.2 Å². The highest BCUT2D eigenvalue weighted by atomic mass is 16.2. The van der Waals surface area contributed by atoms with Crippen LogP contribution in [0.1, 0.15) is 17.8 Å². The molecular weight excluding hydrogens is 318 g/mol. The number of hydrogen-bond donors (Lipinski definition) is 1. The number of fused-ring (bicyclic) bond motifs is 2. The predicted molar refractivity (Wildman–Crippen MR) is 94.4 cm³/mol. The first-order chi connectivity index (χ1) is 12.1. The summed E-state index contributed by atoms with van der Waals surface area (Å²) in [5, 5.41) is 5.43. The number of benzene rings is 1. The summed E-state index contributed by atoms with van der Waals surface area (Å²) in [6.45, 7) is 1.69. The van der Waals surface area contributed by atoms with Crippen LogP contribution in [-0.2, 0) is 31.2 Å². The SMILES string of the molecule is Cn1nc2n(c1=O)CCN(C(=O)CCc1c[nH]c3ccccc13)CC2. The Morgan fingerprint density at radius 2 is 2.08 bits per heavy atom. The Balaban J connectivity index is 1.41. The summed E-state index contributed by atoms with van der Waals surface area (Å²) in [6, 6.07) is 8.13. The van der Waals surface area contributed by atoms with E-state index in [9.17, 15) is 9.59 Å². The molecule has 1 aliphatic heterocycles. The Morgan fingerprint density at radius 3 is 2.96 bits per heavy atom. The molecule has 3 aromatic rings. The van der Waals surface area contributed by atoms with E-state index in [-0.39, 0.29) is 11.6 Å². The molecule has 0 saturated heterocycles. The predicted octanol–water partition coefficient (Wildman–Crippen LogP) is 1.08. The smallest absolute Gasteiger partial charge is 0.345 e.